The monoisotopic (exact) mass is 401 g/mol. The number of primary sulfonamides is 1. The first-order chi connectivity index (χ1) is 12.1. The SMILES string of the molecule is NS(=O)(=O)c1ccc(-c2[nH]c(C(F)(F)F)nc2-c2cccc(Cl)c2)cc1. The number of nitrogens with zero attached hydrogens (tertiary/aromatic N) is 1. The molecule has 136 valence electrons. The van der Waals surface area contributed by atoms with Crippen LogP contribution >= 0.6 is 11.6 Å². The zero-order chi connectivity index (χ0) is 19.1. The van der Waals surface area contributed by atoms with Crippen molar-refractivity contribution in [2.75, 3.05) is 0 Å². The number of imidazole rings is 1. The Morgan fingerprint density at radius 2 is 1.69 bits per heavy atom. The molecule has 0 saturated heterocycles. The molecule has 26 heavy (non-hydrogen) atoms. The molecule has 0 atom stereocenters. The van der Waals surface area contributed by atoms with E-state index in [9.17, 15) is 21.6 Å². The van der Waals surface area contributed by atoms with Gasteiger partial charge in [0.15, 0.2) is 0 Å². The summed E-state index contributed by atoms with van der Waals surface area (Å²) in [6.45, 7) is 0. The fraction of sp³-hybridized carbons (Fsp3) is 0.0625. The number of hydrogen-bond acceptors (Lipinski definition) is 3. The van der Waals surface area contributed by atoms with Crippen molar-refractivity contribution in [3.8, 4) is 22.5 Å². The summed E-state index contributed by atoms with van der Waals surface area (Å²) in [4.78, 5) is 5.76. The van der Waals surface area contributed by atoms with Gasteiger partial charge >= 0.3 is 6.18 Å². The second kappa shape index (κ2) is 6.42. The van der Waals surface area contributed by atoms with Crippen molar-refractivity contribution in [3.63, 3.8) is 0 Å². The minimum Gasteiger partial charge on any atom is -0.334 e. The molecular weight excluding hydrogens is 391 g/mol. The van der Waals surface area contributed by atoms with Crippen molar-refractivity contribution >= 4 is 21.6 Å². The summed E-state index contributed by atoms with van der Waals surface area (Å²) in [5.41, 5.74) is 0.828. The number of halogens is 4. The summed E-state index contributed by atoms with van der Waals surface area (Å²) in [6.07, 6.45) is -4.67. The van der Waals surface area contributed by atoms with Crippen LogP contribution in [0.3, 0.4) is 0 Å². The van der Waals surface area contributed by atoms with Crippen molar-refractivity contribution in [2.45, 2.75) is 11.1 Å². The van der Waals surface area contributed by atoms with Crippen LogP contribution in [0.15, 0.2) is 53.4 Å². The Kier molecular flexibility index (Phi) is 4.55. The van der Waals surface area contributed by atoms with E-state index in [-0.39, 0.29) is 16.3 Å². The highest BCUT2D eigenvalue weighted by Gasteiger charge is 2.36. The van der Waals surface area contributed by atoms with Crippen LogP contribution < -0.4 is 5.14 Å². The minimum absolute atomic E-state index is 0.0446. The van der Waals surface area contributed by atoms with Crippen LogP contribution in [-0.2, 0) is 16.2 Å². The molecule has 0 aliphatic heterocycles. The molecular formula is C16H11ClF3N3O2S. The molecule has 5 nitrogen and oxygen atoms in total. The van der Waals surface area contributed by atoms with Gasteiger partial charge in [0.2, 0.25) is 15.8 Å². The average Bonchev–Trinajstić information content (AvgIpc) is 3.00. The van der Waals surface area contributed by atoms with Crippen LogP contribution in [0.4, 0.5) is 13.2 Å². The lowest BCUT2D eigenvalue weighted by Crippen LogP contribution is -2.11. The number of alkyl halides is 3. The van der Waals surface area contributed by atoms with Gasteiger partial charge in [0.1, 0.15) is 0 Å². The molecule has 3 rings (SSSR count). The Bertz CT molecular complexity index is 1060. The van der Waals surface area contributed by atoms with E-state index in [2.05, 4.69) is 9.97 Å². The van der Waals surface area contributed by atoms with E-state index in [1.165, 1.54) is 30.3 Å². The minimum atomic E-state index is -4.67. The second-order valence-electron chi connectivity index (χ2n) is 5.39. The number of benzene rings is 2. The van der Waals surface area contributed by atoms with Crippen molar-refractivity contribution in [3.05, 3.63) is 59.4 Å². The third-order valence-electron chi connectivity index (χ3n) is 3.54. The van der Waals surface area contributed by atoms with Crippen LogP contribution in [0, 0.1) is 0 Å². The van der Waals surface area contributed by atoms with Crippen LogP contribution in [0.2, 0.25) is 5.02 Å². The van der Waals surface area contributed by atoms with Gasteiger partial charge in [-0.2, -0.15) is 13.2 Å². The van der Waals surface area contributed by atoms with E-state index >= 15 is 0 Å². The van der Waals surface area contributed by atoms with Crippen LogP contribution in [0.25, 0.3) is 22.5 Å². The Balaban J connectivity index is 2.18. The Morgan fingerprint density at radius 3 is 2.23 bits per heavy atom. The van der Waals surface area contributed by atoms with Gasteiger partial charge in [-0.1, -0.05) is 35.9 Å². The molecule has 2 aromatic carbocycles. The van der Waals surface area contributed by atoms with E-state index < -0.39 is 22.0 Å². The van der Waals surface area contributed by atoms with E-state index in [0.717, 1.165) is 0 Å². The second-order valence-corrected chi connectivity index (χ2v) is 7.38. The molecule has 1 heterocycles. The molecule has 0 bridgehead atoms. The highest BCUT2D eigenvalue weighted by atomic mass is 35.5. The average molecular weight is 402 g/mol. The molecule has 0 unspecified atom stereocenters. The molecule has 0 amide bonds. The number of nitrogens with one attached hydrogen (secondary N) is 1. The van der Waals surface area contributed by atoms with Crippen molar-refractivity contribution in [2.24, 2.45) is 5.14 Å². The van der Waals surface area contributed by atoms with Crippen molar-refractivity contribution in [1.82, 2.24) is 9.97 Å². The van der Waals surface area contributed by atoms with Gasteiger partial charge in [-0.05, 0) is 24.3 Å². The maximum atomic E-state index is 13.1. The summed E-state index contributed by atoms with van der Waals surface area (Å²) in [6, 6.07) is 11.4. The van der Waals surface area contributed by atoms with E-state index in [0.29, 0.717) is 16.1 Å². The molecule has 0 saturated carbocycles. The maximum absolute atomic E-state index is 13.1. The first-order valence-electron chi connectivity index (χ1n) is 7.12. The standard InChI is InChI=1S/C16H11ClF3N3O2S/c17-11-3-1-2-10(8-11)14-13(22-15(23-14)16(18,19)20)9-4-6-12(7-5-9)26(21,24)25/h1-8H,(H,22,23)(H2,21,24,25). The van der Waals surface area contributed by atoms with Gasteiger partial charge in [0.25, 0.3) is 0 Å². The number of H-pyrrole nitrogens is 1. The number of aromatic amines is 1. The molecule has 0 aliphatic carbocycles. The molecule has 0 aliphatic rings. The van der Waals surface area contributed by atoms with Gasteiger partial charge in [0.05, 0.1) is 16.3 Å². The van der Waals surface area contributed by atoms with Gasteiger partial charge in [0, 0.05) is 16.1 Å². The molecule has 3 aromatic rings. The van der Waals surface area contributed by atoms with Gasteiger partial charge in [-0.15, -0.1) is 0 Å². The predicted molar refractivity (Wildman–Crippen MR) is 90.8 cm³/mol. The lowest BCUT2D eigenvalue weighted by Gasteiger charge is -2.05. The zero-order valence-corrected chi connectivity index (χ0v) is 14.5. The largest absolute Gasteiger partial charge is 0.449 e. The summed E-state index contributed by atoms with van der Waals surface area (Å²) in [5.74, 6) is -1.17. The number of aromatic nitrogens is 2. The number of sulfonamides is 1. The first kappa shape index (κ1) is 18.4. The molecule has 3 N–H and O–H groups in total. The Labute approximate surface area is 151 Å². The third kappa shape index (κ3) is 3.74. The zero-order valence-electron chi connectivity index (χ0n) is 12.9. The fourth-order valence-corrected chi connectivity index (χ4v) is 3.08. The topological polar surface area (TPSA) is 88.8 Å². The summed E-state index contributed by atoms with van der Waals surface area (Å²) >= 11 is 5.92. The van der Waals surface area contributed by atoms with Crippen LogP contribution in [0.1, 0.15) is 5.82 Å². The molecule has 10 heteroatoms. The van der Waals surface area contributed by atoms with Crippen LogP contribution in [0.5, 0.6) is 0 Å². The maximum Gasteiger partial charge on any atom is 0.449 e. The van der Waals surface area contributed by atoms with E-state index in [1.54, 1.807) is 18.2 Å². The summed E-state index contributed by atoms with van der Waals surface area (Å²) in [5, 5.41) is 5.38. The Morgan fingerprint density at radius 1 is 1.04 bits per heavy atom. The number of rotatable bonds is 3. The summed E-state index contributed by atoms with van der Waals surface area (Å²) in [7, 11) is -3.91. The highest BCUT2D eigenvalue weighted by molar-refractivity contribution is 7.89. The molecule has 0 spiro atoms. The predicted octanol–water partition coefficient (Wildman–Crippen LogP) is 4.06. The number of hydrogen-bond donors (Lipinski definition) is 2. The van der Waals surface area contributed by atoms with Crippen molar-refractivity contribution < 1.29 is 21.6 Å². The van der Waals surface area contributed by atoms with Gasteiger partial charge < -0.3 is 4.98 Å². The number of nitrogens with two attached hydrogens (primary N) is 1. The third-order valence-corrected chi connectivity index (χ3v) is 4.71. The molecule has 0 fully saturated rings. The lowest BCUT2D eigenvalue weighted by molar-refractivity contribution is -0.144. The van der Waals surface area contributed by atoms with Crippen LogP contribution in [-0.4, -0.2) is 18.4 Å². The molecule has 0 radical (unpaired) electrons. The van der Waals surface area contributed by atoms with E-state index in [4.69, 9.17) is 16.7 Å². The van der Waals surface area contributed by atoms with Gasteiger partial charge in [-0.25, -0.2) is 18.5 Å². The fourth-order valence-electron chi connectivity index (χ4n) is 2.37. The smallest absolute Gasteiger partial charge is 0.334 e. The first-order valence-corrected chi connectivity index (χ1v) is 9.04. The van der Waals surface area contributed by atoms with Crippen molar-refractivity contribution in [1.29, 1.82) is 0 Å². The normalized spacial score (nSPS) is 12.3. The van der Waals surface area contributed by atoms with Gasteiger partial charge in [-0.3, -0.25) is 0 Å². The quantitative estimate of drug-likeness (QED) is 0.693. The van der Waals surface area contributed by atoms with E-state index in [1.807, 2.05) is 0 Å². The molecule has 1 aromatic heterocycles. The Hall–Kier alpha value is -2.36. The summed E-state index contributed by atoms with van der Waals surface area (Å²) < 4.78 is 62.0. The lowest BCUT2D eigenvalue weighted by atomic mass is 10.1. The highest BCUT2D eigenvalue weighted by Crippen LogP contribution is 2.36.